The number of nitrogens with zero attached hydrogens (tertiary/aromatic N) is 2. The summed E-state index contributed by atoms with van der Waals surface area (Å²) >= 11 is 0. The Morgan fingerprint density at radius 2 is 1.02 bits per heavy atom. The van der Waals surface area contributed by atoms with Crippen LogP contribution in [0.15, 0.2) is 158 Å². The van der Waals surface area contributed by atoms with Gasteiger partial charge in [-0.3, -0.25) is 4.57 Å². The number of hydrogen-bond acceptors (Lipinski definition) is 1. The van der Waals surface area contributed by atoms with Crippen molar-refractivity contribution in [2.24, 2.45) is 0 Å². The lowest BCUT2D eigenvalue weighted by atomic mass is 9.87. The Kier molecular flexibility index (Phi) is 3.89. The van der Waals surface area contributed by atoms with Gasteiger partial charge in [-0.15, -0.1) is 0 Å². The third-order valence-electron chi connectivity index (χ3n) is 7.43. The zero-order valence-electron chi connectivity index (χ0n) is 29.8. The van der Waals surface area contributed by atoms with Crippen molar-refractivity contribution in [3.8, 4) is 39.3 Å². The molecular formula is C39H26N2. The lowest BCUT2D eigenvalue weighted by Gasteiger charge is -2.18. The van der Waals surface area contributed by atoms with Crippen molar-refractivity contribution < 1.29 is 11.0 Å². The van der Waals surface area contributed by atoms with Crippen LogP contribution in [0, 0.1) is 0 Å². The van der Waals surface area contributed by atoms with Crippen molar-refractivity contribution in [2.75, 3.05) is 0 Å². The molecule has 192 valence electrons. The molecule has 41 heavy (non-hydrogen) atoms. The van der Waals surface area contributed by atoms with Crippen LogP contribution in [-0.4, -0.2) is 9.55 Å². The summed E-state index contributed by atoms with van der Waals surface area (Å²) in [5, 5.41) is 0.540. The van der Waals surface area contributed by atoms with Crippen molar-refractivity contribution in [2.45, 2.75) is 0 Å². The average molecular weight is 531 g/mol. The number of imidazole rings is 1. The third kappa shape index (κ3) is 3.84. The second-order valence-electron chi connectivity index (χ2n) is 9.79. The minimum Gasteiger partial charge on any atom is -0.292 e. The highest BCUT2D eigenvalue weighted by atomic mass is 15.1. The first-order chi connectivity index (χ1) is 23.7. The zero-order valence-corrected chi connectivity index (χ0v) is 21.8. The molecule has 0 amide bonds. The first-order valence-corrected chi connectivity index (χ1v) is 13.3. The van der Waals surface area contributed by atoms with E-state index >= 15 is 0 Å². The molecule has 8 aromatic rings. The minimum atomic E-state index is -0.453. The van der Waals surface area contributed by atoms with Crippen LogP contribution in [0.3, 0.4) is 0 Å². The average Bonchev–Trinajstić information content (AvgIpc) is 3.53. The second-order valence-corrected chi connectivity index (χ2v) is 9.79. The highest BCUT2D eigenvalue weighted by Gasteiger charge is 2.22. The molecular weight excluding hydrogens is 496 g/mol. The molecule has 2 heteroatoms. The van der Waals surface area contributed by atoms with Crippen LogP contribution in [-0.2, 0) is 0 Å². The van der Waals surface area contributed by atoms with Crippen LogP contribution in [0.1, 0.15) is 11.0 Å². The second kappa shape index (κ2) is 9.62. The highest BCUT2D eigenvalue weighted by Crippen LogP contribution is 2.45. The Morgan fingerprint density at radius 3 is 1.71 bits per heavy atom. The Labute approximate surface area is 250 Å². The number of aromatic nitrogens is 2. The summed E-state index contributed by atoms with van der Waals surface area (Å²) in [6.45, 7) is 0. The highest BCUT2D eigenvalue weighted by molar-refractivity contribution is 6.21. The lowest BCUT2D eigenvalue weighted by molar-refractivity contribution is 1.11. The van der Waals surface area contributed by atoms with Crippen molar-refractivity contribution in [3.05, 3.63) is 158 Å². The molecule has 0 atom stereocenters. The normalized spacial score (nSPS) is 14.1. The Hall–Kier alpha value is -5.47. The Bertz CT molecular complexity index is 2550. The molecule has 1 aromatic heterocycles. The molecule has 2 nitrogen and oxygen atoms in total. The van der Waals surface area contributed by atoms with Gasteiger partial charge in [-0.25, -0.2) is 4.98 Å². The molecule has 0 bridgehead atoms. The molecule has 0 spiro atoms. The monoisotopic (exact) mass is 530 g/mol. The maximum atomic E-state index is 9.34. The van der Waals surface area contributed by atoms with Gasteiger partial charge in [-0.05, 0) is 74.1 Å². The maximum absolute atomic E-state index is 9.34. The van der Waals surface area contributed by atoms with Gasteiger partial charge < -0.3 is 0 Å². The van der Waals surface area contributed by atoms with Gasteiger partial charge in [0, 0.05) is 11.3 Å². The lowest BCUT2D eigenvalue weighted by Crippen LogP contribution is -1.99. The van der Waals surface area contributed by atoms with E-state index < -0.39 is 24.2 Å². The standard InChI is InChI=1S/C39H26N2/c1-3-14-27(15-4-1)28-16-13-17-29(26-28)37-31-20-7-9-22-33(31)38(34-23-10-8-21-32(34)37)39-40-35-24-11-12-25-36(35)41(39)30-18-5-2-6-19-30/h1-26H/i7D,8D,9D,10D,20D,21D,22D,23D. The molecule has 7 aromatic carbocycles. The van der Waals surface area contributed by atoms with E-state index in [1.165, 1.54) is 0 Å². The molecule has 1 heterocycles. The fourth-order valence-electron chi connectivity index (χ4n) is 5.65. The molecule has 0 aliphatic rings. The largest absolute Gasteiger partial charge is 0.292 e. The summed E-state index contributed by atoms with van der Waals surface area (Å²) < 4.78 is 74.2. The van der Waals surface area contributed by atoms with E-state index in [9.17, 15) is 5.48 Å². The van der Waals surface area contributed by atoms with Gasteiger partial charge in [0.25, 0.3) is 0 Å². The van der Waals surface area contributed by atoms with Crippen molar-refractivity contribution in [3.63, 3.8) is 0 Å². The predicted molar refractivity (Wildman–Crippen MR) is 172 cm³/mol. The molecule has 0 saturated carbocycles. The van der Waals surface area contributed by atoms with E-state index in [0.29, 0.717) is 22.5 Å². The fraction of sp³-hybridized carbons (Fsp3) is 0. The summed E-state index contributed by atoms with van der Waals surface area (Å²) in [5.41, 5.74) is 4.89. The molecule has 0 saturated heterocycles. The van der Waals surface area contributed by atoms with E-state index in [1.807, 2.05) is 114 Å². The smallest absolute Gasteiger partial charge is 0.146 e. The zero-order chi connectivity index (χ0) is 34.1. The van der Waals surface area contributed by atoms with Crippen LogP contribution >= 0.6 is 0 Å². The van der Waals surface area contributed by atoms with E-state index in [2.05, 4.69) is 0 Å². The van der Waals surface area contributed by atoms with E-state index in [-0.39, 0.29) is 51.3 Å². The molecule has 0 N–H and O–H groups in total. The molecule has 0 aliphatic heterocycles. The molecule has 0 radical (unpaired) electrons. The number of hydrogen-bond donors (Lipinski definition) is 0. The van der Waals surface area contributed by atoms with Gasteiger partial charge in [0.15, 0.2) is 0 Å². The van der Waals surface area contributed by atoms with Crippen LogP contribution in [0.2, 0.25) is 0 Å². The minimum absolute atomic E-state index is 0.121. The van der Waals surface area contributed by atoms with Crippen LogP contribution in [0.4, 0.5) is 0 Å². The van der Waals surface area contributed by atoms with Crippen molar-refractivity contribution in [1.29, 1.82) is 0 Å². The summed E-state index contributed by atoms with van der Waals surface area (Å²) in [6, 6.07) is 31.0. The summed E-state index contributed by atoms with van der Waals surface area (Å²) in [5.74, 6) is 0.294. The first-order valence-electron chi connectivity index (χ1n) is 17.3. The van der Waals surface area contributed by atoms with Gasteiger partial charge in [0.2, 0.25) is 0 Å². The number of fused-ring (bicyclic) bond motifs is 3. The molecule has 0 fully saturated rings. The SMILES string of the molecule is [2H]c1c([2H])c([2H])c2c(-c3nc4ccccc4n3-c3ccccc3)c3c([2H])c([2H])c([2H])c([2H])c3c(-c3cccc(-c4ccccc4)c3)c2c1[2H]. The molecule has 0 aliphatic carbocycles. The number of benzene rings is 7. The van der Waals surface area contributed by atoms with Gasteiger partial charge in [0.05, 0.1) is 22.0 Å². The van der Waals surface area contributed by atoms with E-state index in [1.54, 1.807) is 0 Å². The topological polar surface area (TPSA) is 17.8 Å². The Morgan fingerprint density at radius 1 is 0.488 bits per heavy atom. The van der Waals surface area contributed by atoms with E-state index in [4.69, 9.17) is 10.5 Å². The third-order valence-corrected chi connectivity index (χ3v) is 7.43. The van der Waals surface area contributed by atoms with Gasteiger partial charge in [-0.2, -0.15) is 0 Å². The molecule has 8 rings (SSSR count). The van der Waals surface area contributed by atoms with Crippen LogP contribution in [0.25, 0.3) is 71.9 Å². The van der Waals surface area contributed by atoms with Gasteiger partial charge in [-0.1, -0.05) is 127 Å². The van der Waals surface area contributed by atoms with Gasteiger partial charge >= 0.3 is 0 Å². The van der Waals surface area contributed by atoms with Crippen molar-refractivity contribution in [1.82, 2.24) is 9.55 Å². The van der Waals surface area contributed by atoms with Gasteiger partial charge in [0.1, 0.15) is 5.82 Å². The maximum Gasteiger partial charge on any atom is 0.146 e. The molecule has 0 unspecified atom stereocenters. The van der Waals surface area contributed by atoms with E-state index in [0.717, 1.165) is 22.3 Å². The first kappa shape index (κ1) is 16.6. The summed E-state index contributed by atoms with van der Waals surface area (Å²) in [4.78, 5) is 5.02. The number of para-hydroxylation sites is 3. The Balaban J connectivity index is 1.66. The van der Waals surface area contributed by atoms with Crippen LogP contribution < -0.4 is 0 Å². The number of rotatable bonds is 4. The van der Waals surface area contributed by atoms with Crippen LogP contribution in [0.5, 0.6) is 0 Å². The summed E-state index contributed by atoms with van der Waals surface area (Å²) in [7, 11) is 0. The van der Waals surface area contributed by atoms with Crippen molar-refractivity contribution >= 4 is 32.6 Å². The fourth-order valence-corrected chi connectivity index (χ4v) is 5.65. The predicted octanol–water partition coefficient (Wildman–Crippen LogP) is 10.3. The quantitative estimate of drug-likeness (QED) is 0.207. The summed E-state index contributed by atoms with van der Waals surface area (Å²) in [6.07, 6.45) is 0.